The van der Waals surface area contributed by atoms with Gasteiger partial charge in [0.1, 0.15) is 5.75 Å². The van der Waals surface area contributed by atoms with Gasteiger partial charge >= 0.3 is 6.18 Å². The Morgan fingerprint density at radius 1 is 0.828 bits per heavy atom. The molecule has 1 saturated carbocycles. The van der Waals surface area contributed by atoms with E-state index in [4.69, 9.17) is 4.74 Å². The van der Waals surface area contributed by atoms with Crippen LogP contribution in [0.2, 0.25) is 0 Å². The minimum absolute atomic E-state index is 0.238. The zero-order valence-electron chi connectivity index (χ0n) is 18.1. The number of halogens is 3. The predicted octanol–water partition coefficient (Wildman–Crippen LogP) is 8.82. The summed E-state index contributed by atoms with van der Waals surface area (Å²) in [7, 11) is 0. The number of unbranched alkanes of at least 4 members (excludes halogenated alkanes) is 7. The molecule has 1 aromatic carbocycles. The highest BCUT2D eigenvalue weighted by Crippen LogP contribution is 2.39. The van der Waals surface area contributed by atoms with Crippen LogP contribution in [0.15, 0.2) is 24.3 Å². The number of hydrogen-bond donors (Lipinski definition) is 0. The summed E-state index contributed by atoms with van der Waals surface area (Å²) >= 11 is 0. The van der Waals surface area contributed by atoms with Crippen molar-refractivity contribution in [1.29, 1.82) is 0 Å². The third kappa shape index (κ3) is 10.4. The van der Waals surface area contributed by atoms with Gasteiger partial charge in [0.15, 0.2) is 0 Å². The molecule has 1 aliphatic carbocycles. The molecule has 1 nitrogen and oxygen atoms in total. The molecule has 1 aliphatic rings. The van der Waals surface area contributed by atoms with Gasteiger partial charge in [-0.25, -0.2) is 0 Å². The molecule has 2 rings (SSSR count). The smallest absolute Gasteiger partial charge is 0.389 e. The van der Waals surface area contributed by atoms with Crippen molar-refractivity contribution in [2.75, 3.05) is 6.61 Å². The van der Waals surface area contributed by atoms with Crippen LogP contribution in [0.3, 0.4) is 0 Å². The molecule has 1 aromatic rings. The number of alkyl halides is 3. The number of rotatable bonds is 13. The lowest BCUT2D eigenvalue weighted by atomic mass is 9.77. The van der Waals surface area contributed by atoms with Crippen molar-refractivity contribution in [1.82, 2.24) is 0 Å². The van der Waals surface area contributed by atoms with E-state index < -0.39 is 12.6 Å². The average molecular weight is 413 g/mol. The minimum atomic E-state index is -4.01. The summed E-state index contributed by atoms with van der Waals surface area (Å²) in [6, 6.07) is 8.39. The summed E-state index contributed by atoms with van der Waals surface area (Å²) in [4.78, 5) is 0. The Balaban J connectivity index is 1.58. The van der Waals surface area contributed by atoms with Gasteiger partial charge in [-0.15, -0.1) is 0 Å². The fourth-order valence-electron chi connectivity index (χ4n) is 4.41. The Kier molecular flexibility index (Phi) is 10.9. The number of benzene rings is 1. The van der Waals surface area contributed by atoms with Gasteiger partial charge < -0.3 is 4.74 Å². The predicted molar refractivity (Wildman–Crippen MR) is 115 cm³/mol. The van der Waals surface area contributed by atoms with E-state index >= 15 is 0 Å². The first kappa shape index (κ1) is 24.1. The van der Waals surface area contributed by atoms with Crippen LogP contribution in [0.1, 0.15) is 108 Å². The largest absolute Gasteiger partial charge is 0.494 e. The van der Waals surface area contributed by atoms with Gasteiger partial charge in [-0.2, -0.15) is 13.2 Å². The number of hydrogen-bond acceptors (Lipinski definition) is 1. The molecule has 29 heavy (non-hydrogen) atoms. The van der Waals surface area contributed by atoms with Gasteiger partial charge in [-0.05, 0) is 68.1 Å². The summed E-state index contributed by atoms with van der Waals surface area (Å²) in [6.07, 6.45) is 9.86. The number of ether oxygens (including phenoxy) is 1. The molecule has 0 radical (unpaired) electrons. The standard InChI is InChI=1S/C25H39F3O/c1-2-3-4-5-6-7-8-9-20-29-24-16-14-23(15-17-24)22-12-10-21(11-13-22)18-19-25(26,27)28/h14-17,21-22H,2-13,18-20H2,1H3. The Labute approximate surface area is 175 Å². The first-order chi connectivity index (χ1) is 14.0. The summed E-state index contributed by atoms with van der Waals surface area (Å²) in [6.45, 7) is 3.02. The van der Waals surface area contributed by atoms with Gasteiger partial charge in [0.2, 0.25) is 0 Å². The fourth-order valence-corrected chi connectivity index (χ4v) is 4.41. The molecule has 0 amide bonds. The van der Waals surface area contributed by atoms with E-state index in [9.17, 15) is 13.2 Å². The van der Waals surface area contributed by atoms with Gasteiger partial charge in [-0.1, -0.05) is 64.0 Å². The fraction of sp³-hybridized carbons (Fsp3) is 0.760. The zero-order chi connectivity index (χ0) is 21.0. The molecule has 0 N–H and O–H groups in total. The maximum Gasteiger partial charge on any atom is 0.389 e. The second-order valence-corrected chi connectivity index (χ2v) is 8.76. The second-order valence-electron chi connectivity index (χ2n) is 8.76. The summed E-state index contributed by atoms with van der Waals surface area (Å²) in [5, 5.41) is 0. The van der Waals surface area contributed by atoms with Crippen LogP contribution >= 0.6 is 0 Å². The molecule has 0 spiro atoms. The Morgan fingerprint density at radius 3 is 2.00 bits per heavy atom. The molecule has 0 unspecified atom stereocenters. The third-order valence-corrected chi connectivity index (χ3v) is 6.30. The Hall–Kier alpha value is -1.19. The van der Waals surface area contributed by atoms with Crippen LogP contribution in [0.25, 0.3) is 0 Å². The Morgan fingerprint density at radius 2 is 1.41 bits per heavy atom. The molecule has 166 valence electrons. The lowest BCUT2D eigenvalue weighted by Gasteiger charge is -2.29. The monoisotopic (exact) mass is 412 g/mol. The van der Waals surface area contributed by atoms with Gasteiger partial charge in [0.05, 0.1) is 6.61 Å². The SMILES string of the molecule is CCCCCCCCCCOc1ccc(C2CCC(CCC(F)(F)F)CC2)cc1. The van der Waals surface area contributed by atoms with Crippen LogP contribution in [0.4, 0.5) is 13.2 Å². The van der Waals surface area contributed by atoms with E-state index in [-0.39, 0.29) is 5.92 Å². The molecule has 0 aliphatic heterocycles. The molecular formula is C25H39F3O. The van der Waals surface area contributed by atoms with Crippen LogP contribution in [-0.4, -0.2) is 12.8 Å². The van der Waals surface area contributed by atoms with Crippen molar-refractivity contribution in [3.05, 3.63) is 29.8 Å². The van der Waals surface area contributed by atoms with Crippen molar-refractivity contribution in [2.24, 2.45) is 5.92 Å². The molecule has 1 fully saturated rings. The van der Waals surface area contributed by atoms with E-state index in [1.165, 1.54) is 50.5 Å². The summed E-state index contributed by atoms with van der Waals surface area (Å²) < 4.78 is 43.0. The highest BCUT2D eigenvalue weighted by Gasteiger charge is 2.30. The molecular weight excluding hydrogens is 373 g/mol. The van der Waals surface area contributed by atoms with E-state index in [0.717, 1.165) is 44.5 Å². The molecule has 4 heteroatoms. The third-order valence-electron chi connectivity index (χ3n) is 6.30. The molecule has 0 heterocycles. The van der Waals surface area contributed by atoms with E-state index in [2.05, 4.69) is 31.2 Å². The van der Waals surface area contributed by atoms with E-state index in [1.807, 2.05) is 0 Å². The Bertz CT molecular complexity index is 530. The molecule has 0 bridgehead atoms. The van der Waals surface area contributed by atoms with Crippen molar-refractivity contribution >= 4 is 0 Å². The van der Waals surface area contributed by atoms with E-state index in [0.29, 0.717) is 12.3 Å². The second kappa shape index (κ2) is 13.2. The maximum absolute atomic E-state index is 12.4. The van der Waals surface area contributed by atoms with Crippen LogP contribution in [0.5, 0.6) is 5.75 Å². The molecule has 0 saturated heterocycles. The quantitative estimate of drug-likeness (QED) is 0.294. The highest BCUT2D eigenvalue weighted by molar-refractivity contribution is 5.29. The van der Waals surface area contributed by atoms with Crippen molar-refractivity contribution in [2.45, 2.75) is 109 Å². The average Bonchev–Trinajstić information content (AvgIpc) is 2.71. The zero-order valence-corrected chi connectivity index (χ0v) is 18.1. The van der Waals surface area contributed by atoms with Crippen molar-refractivity contribution in [3.63, 3.8) is 0 Å². The summed E-state index contributed by atoms with van der Waals surface area (Å²) in [5.74, 6) is 1.65. The van der Waals surface area contributed by atoms with Gasteiger partial charge in [0.25, 0.3) is 0 Å². The van der Waals surface area contributed by atoms with Gasteiger partial charge in [-0.3, -0.25) is 0 Å². The van der Waals surface area contributed by atoms with E-state index in [1.54, 1.807) is 0 Å². The topological polar surface area (TPSA) is 9.23 Å². The van der Waals surface area contributed by atoms with Gasteiger partial charge in [0, 0.05) is 6.42 Å². The van der Waals surface area contributed by atoms with Crippen molar-refractivity contribution < 1.29 is 17.9 Å². The maximum atomic E-state index is 12.4. The minimum Gasteiger partial charge on any atom is -0.494 e. The lowest BCUT2D eigenvalue weighted by molar-refractivity contribution is -0.138. The van der Waals surface area contributed by atoms with Crippen LogP contribution < -0.4 is 4.74 Å². The van der Waals surface area contributed by atoms with Crippen molar-refractivity contribution in [3.8, 4) is 5.75 Å². The van der Waals surface area contributed by atoms with Crippen LogP contribution in [-0.2, 0) is 0 Å². The molecule has 0 atom stereocenters. The summed E-state index contributed by atoms with van der Waals surface area (Å²) in [5.41, 5.74) is 1.30. The van der Waals surface area contributed by atoms with Crippen LogP contribution in [0, 0.1) is 5.92 Å². The first-order valence-corrected chi connectivity index (χ1v) is 11.8. The first-order valence-electron chi connectivity index (χ1n) is 11.8. The molecule has 0 aromatic heterocycles. The normalized spacial score (nSPS) is 20.0. The lowest BCUT2D eigenvalue weighted by Crippen LogP contribution is -2.16. The highest BCUT2D eigenvalue weighted by atomic mass is 19.4.